The van der Waals surface area contributed by atoms with Crippen molar-refractivity contribution in [3.8, 4) is 0 Å². The molecular formula is C80H94N4S8. The van der Waals surface area contributed by atoms with E-state index in [-0.39, 0.29) is 0 Å². The molecule has 0 aliphatic rings. The van der Waals surface area contributed by atoms with Crippen LogP contribution in [0.3, 0.4) is 0 Å². The quantitative estimate of drug-likeness (QED) is 0.0453. The molecule has 0 aliphatic carbocycles. The summed E-state index contributed by atoms with van der Waals surface area (Å²) in [7, 11) is 0. The smallest absolute Gasteiger partial charge is 0.0633 e. The van der Waals surface area contributed by atoms with E-state index < -0.39 is 0 Å². The average molecular weight is 1370 g/mol. The molecule has 0 amide bonds. The van der Waals surface area contributed by atoms with Crippen LogP contribution in [0.4, 0.5) is 68.2 Å². The van der Waals surface area contributed by atoms with Crippen LogP contribution < -0.4 is 19.6 Å². The van der Waals surface area contributed by atoms with Gasteiger partial charge in [0.1, 0.15) is 0 Å². The van der Waals surface area contributed by atoms with Crippen LogP contribution in [0.1, 0.15) is 194 Å². The number of hydrogen-bond donors (Lipinski definition) is 0. The van der Waals surface area contributed by atoms with Crippen molar-refractivity contribution in [1.29, 1.82) is 0 Å². The summed E-state index contributed by atoms with van der Waals surface area (Å²) in [6, 6.07) is 15.8. The molecule has 4 nitrogen and oxygen atoms in total. The van der Waals surface area contributed by atoms with Gasteiger partial charge in [-0.15, -0.1) is 90.7 Å². The Morgan fingerprint density at radius 3 is 0.467 bits per heavy atom. The molecular weight excluding hydrogens is 1270 g/mol. The van der Waals surface area contributed by atoms with Crippen LogP contribution in [0, 0.1) is 0 Å². The minimum absolute atomic E-state index is 0.955. The van der Waals surface area contributed by atoms with Gasteiger partial charge in [0.05, 0.1) is 68.2 Å². The van der Waals surface area contributed by atoms with Crippen molar-refractivity contribution in [3.63, 3.8) is 0 Å². The van der Waals surface area contributed by atoms with Gasteiger partial charge in [-0.25, -0.2) is 0 Å². The van der Waals surface area contributed by atoms with Gasteiger partial charge in [0.25, 0.3) is 0 Å². The second kappa shape index (κ2) is 28.6. The summed E-state index contributed by atoms with van der Waals surface area (Å²) in [5.41, 5.74) is 27.5. The molecule has 482 valence electrons. The monoisotopic (exact) mass is 1370 g/mol. The third-order valence-electron chi connectivity index (χ3n) is 19.5. The van der Waals surface area contributed by atoms with Crippen LogP contribution in [-0.4, -0.2) is 0 Å². The van der Waals surface area contributed by atoms with Gasteiger partial charge in [-0.2, -0.15) is 0 Å². The van der Waals surface area contributed by atoms with Gasteiger partial charge in [-0.05, 0) is 202 Å². The highest BCUT2D eigenvalue weighted by Crippen LogP contribution is 2.61. The van der Waals surface area contributed by atoms with Crippen molar-refractivity contribution in [1.82, 2.24) is 0 Å². The first-order valence-corrected chi connectivity index (χ1v) is 41.7. The van der Waals surface area contributed by atoms with E-state index in [0.29, 0.717) is 0 Å². The maximum atomic E-state index is 2.85. The second-order valence-electron chi connectivity index (χ2n) is 24.2. The van der Waals surface area contributed by atoms with E-state index in [1.807, 2.05) is 90.7 Å². The van der Waals surface area contributed by atoms with Gasteiger partial charge in [0.2, 0.25) is 0 Å². The fourth-order valence-electron chi connectivity index (χ4n) is 14.7. The Balaban J connectivity index is 1.40. The molecule has 0 saturated heterocycles. The summed E-state index contributed by atoms with van der Waals surface area (Å²) in [6.07, 6.45) is 15.3. The number of anilines is 12. The number of aryl methyl sites for hydroxylation is 16. The van der Waals surface area contributed by atoms with Crippen molar-refractivity contribution >= 4 is 191 Å². The van der Waals surface area contributed by atoms with Crippen molar-refractivity contribution < 1.29 is 0 Å². The Bertz CT molecular complexity index is 3620. The molecule has 4 aromatic carbocycles. The topological polar surface area (TPSA) is 13.0 Å². The van der Waals surface area contributed by atoms with Crippen LogP contribution in [0.15, 0.2) is 79.4 Å². The van der Waals surface area contributed by atoms with Crippen LogP contribution >= 0.6 is 90.7 Å². The minimum Gasteiger partial charge on any atom is -0.307 e. The first kappa shape index (κ1) is 66.7. The zero-order chi connectivity index (χ0) is 64.8. The Labute approximate surface area is 582 Å². The lowest BCUT2D eigenvalue weighted by Gasteiger charge is -2.36. The minimum atomic E-state index is 0.955. The molecule has 0 radical (unpaired) electrons. The molecule has 0 spiro atoms. The third kappa shape index (κ3) is 11.0. The first-order chi connectivity index (χ1) is 45.0. The van der Waals surface area contributed by atoms with E-state index in [1.165, 1.54) is 184 Å². The number of benzene rings is 4. The summed E-state index contributed by atoms with van der Waals surface area (Å²) in [4.78, 5) is 23.0. The van der Waals surface area contributed by atoms with Crippen molar-refractivity contribution in [2.75, 3.05) is 19.6 Å². The molecule has 0 unspecified atom stereocenters. The van der Waals surface area contributed by atoms with E-state index in [1.54, 1.807) is 0 Å². The highest BCUT2D eigenvalue weighted by Gasteiger charge is 2.37. The van der Waals surface area contributed by atoms with Crippen LogP contribution in [0.5, 0.6) is 0 Å². The molecule has 0 aliphatic heterocycles. The Kier molecular flexibility index (Phi) is 20.7. The maximum absolute atomic E-state index is 2.85. The largest absolute Gasteiger partial charge is 0.307 e. The molecule has 12 aromatic rings. The molecule has 0 saturated carbocycles. The molecule has 8 heterocycles. The Hall–Kier alpha value is -5.28. The summed E-state index contributed by atoms with van der Waals surface area (Å²) in [5.74, 6) is 0. The molecule has 12 rings (SSSR count). The summed E-state index contributed by atoms with van der Waals surface area (Å²) in [6.45, 7) is 38.1. The van der Waals surface area contributed by atoms with Crippen LogP contribution in [0.25, 0.3) is 32.3 Å². The normalized spacial score (nSPS) is 12.0. The second-order valence-corrected chi connectivity index (χ2v) is 31.9. The zero-order valence-corrected chi connectivity index (χ0v) is 64.0. The van der Waals surface area contributed by atoms with Crippen molar-refractivity contribution in [2.24, 2.45) is 0 Å². The van der Waals surface area contributed by atoms with E-state index >= 15 is 0 Å². The number of rotatable bonds is 28. The van der Waals surface area contributed by atoms with Crippen molar-refractivity contribution in [3.05, 3.63) is 163 Å². The van der Waals surface area contributed by atoms with Gasteiger partial charge in [0.15, 0.2) is 0 Å². The lowest BCUT2D eigenvalue weighted by Crippen LogP contribution is -2.20. The molecule has 12 heteroatoms. The van der Waals surface area contributed by atoms with E-state index in [9.17, 15) is 0 Å². The fraction of sp³-hybridized carbons (Fsp3) is 0.400. The fourth-order valence-corrected chi connectivity index (χ4v) is 23.2. The van der Waals surface area contributed by atoms with E-state index in [4.69, 9.17) is 0 Å². The standard InChI is InChI=1S/C80H94N4S8/c1-17-47-39-85-63(25-9)73(47)81(74-48(18-2)40-86-64(74)26-10)59-37-60(82(75-49(19-3)41-87-65(75)27-11)76-50(20-4)42-88-66(76)28-12)56-35-36-58-62(84(79-53(23-7)45-91-69(79)31-15)80-54(24-8)46-92-70(80)32-16)38-61(57-34-33-55(59)71(56)72(57)58)83(77-51(21-5)43-89-67(77)29-13)78-52(22-6)44-90-68(78)30-14/h33-46H,17-32H2,1-16H3. The van der Waals surface area contributed by atoms with Gasteiger partial charge in [0, 0.05) is 71.3 Å². The first-order valence-electron chi connectivity index (χ1n) is 34.7. The Morgan fingerprint density at radius 2 is 0.348 bits per heavy atom. The number of nitrogens with zero attached hydrogens (tertiary/aromatic N) is 4. The predicted molar refractivity (Wildman–Crippen MR) is 422 cm³/mol. The Morgan fingerprint density at radius 1 is 0.207 bits per heavy atom. The molecule has 8 aromatic heterocycles. The molecule has 0 atom stereocenters. The molecule has 0 fully saturated rings. The van der Waals surface area contributed by atoms with E-state index in [2.05, 4.69) is 210 Å². The molecule has 0 bridgehead atoms. The van der Waals surface area contributed by atoms with E-state index in [0.717, 1.165) is 103 Å². The lowest BCUT2D eigenvalue weighted by atomic mass is 9.88. The average Bonchev–Trinajstić information content (AvgIpc) is 1.16. The highest BCUT2D eigenvalue weighted by atomic mass is 32.1. The van der Waals surface area contributed by atoms with Gasteiger partial charge >= 0.3 is 0 Å². The van der Waals surface area contributed by atoms with Crippen LogP contribution in [0.2, 0.25) is 0 Å². The summed E-state index contributed by atoms with van der Waals surface area (Å²) < 4.78 is 0. The predicted octanol–water partition coefficient (Wildman–Crippen LogP) is 28.0. The number of hydrogen-bond acceptors (Lipinski definition) is 12. The SMILES string of the molecule is CCc1csc(CC)c1N(c1c(CC)csc1CC)c1cc(N(c2c(CC)csc2CC)c2c(CC)csc2CC)c2ccc3c(N(c4c(CC)csc4CC)c4c(CC)csc4CC)cc(N(c4c(CC)csc4CC)c4c(CC)csc4CC)c4ccc1c2c43. The van der Waals surface area contributed by atoms with Crippen molar-refractivity contribution in [2.45, 2.75) is 214 Å². The molecule has 0 N–H and O–H groups in total. The van der Waals surface area contributed by atoms with Gasteiger partial charge in [-0.3, -0.25) is 0 Å². The summed E-state index contributed by atoms with van der Waals surface area (Å²) >= 11 is 15.7. The van der Waals surface area contributed by atoms with Gasteiger partial charge < -0.3 is 19.6 Å². The van der Waals surface area contributed by atoms with Gasteiger partial charge in [-0.1, -0.05) is 135 Å². The highest BCUT2D eigenvalue weighted by molar-refractivity contribution is 7.13. The number of thiophene rings is 8. The maximum Gasteiger partial charge on any atom is 0.0633 e. The lowest BCUT2D eigenvalue weighted by molar-refractivity contribution is 1.06. The zero-order valence-electron chi connectivity index (χ0n) is 57.5. The third-order valence-corrected chi connectivity index (χ3v) is 28.8. The van der Waals surface area contributed by atoms with Crippen LogP contribution in [-0.2, 0) is 103 Å². The summed E-state index contributed by atoms with van der Waals surface area (Å²) in [5, 5.41) is 27.9. The molecule has 92 heavy (non-hydrogen) atoms.